The van der Waals surface area contributed by atoms with Crippen molar-refractivity contribution >= 4 is 11.4 Å². The van der Waals surface area contributed by atoms with E-state index >= 15 is 0 Å². The molecule has 0 spiro atoms. The molecular formula is C15H16N2O2. The quantitative estimate of drug-likeness (QED) is 0.630. The first-order valence-corrected chi connectivity index (χ1v) is 6.19. The highest BCUT2D eigenvalue weighted by Gasteiger charge is 1.94. The number of nitrogens with zero attached hydrogens (tertiary/aromatic N) is 2. The second kappa shape index (κ2) is 7.28. The molecule has 0 amide bonds. The molecule has 0 saturated carbocycles. The van der Waals surface area contributed by atoms with Gasteiger partial charge in [0.05, 0.1) is 18.0 Å². The molecule has 2 rings (SSSR count). The average molecular weight is 256 g/mol. The molecule has 0 saturated heterocycles. The van der Waals surface area contributed by atoms with E-state index in [9.17, 15) is 0 Å². The van der Waals surface area contributed by atoms with Gasteiger partial charge in [-0.15, -0.1) is 0 Å². The number of hydrogen-bond donors (Lipinski definition) is 1. The zero-order valence-corrected chi connectivity index (χ0v) is 10.6. The van der Waals surface area contributed by atoms with Crippen molar-refractivity contribution in [1.82, 2.24) is 0 Å². The summed E-state index contributed by atoms with van der Waals surface area (Å²) in [5.41, 5.74) is 1.60. The summed E-state index contributed by atoms with van der Waals surface area (Å²) in [5, 5.41) is 16.9. The van der Waals surface area contributed by atoms with Crippen molar-refractivity contribution in [1.29, 1.82) is 0 Å². The summed E-state index contributed by atoms with van der Waals surface area (Å²) in [6, 6.07) is 17.0. The van der Waals surface area contributed by atoms with Crippen molar-refractivity contribution in [2.45, 2.75) is 6.42 Å². The van der Waals surface area contributed by atoms with Crippen molar-refractivity contribution in [2.75, 3.05) is 13.2 Å². The summed E-state index contributed by atoms with van der Waals surface area (Å²) in [4.78, 5) is 0. The highest BCUT2D eigenvalue weighted by atomic mass is 16.5. The van der Waals surface area contributed by atoms with Crippen LogP contribution in [0.2, 0.25) is 0 Å². The molecule has 4 heteroatoms. The second-order valence-electron chi connectivity index (χ2n) is 3.96. The van der Waals surface area contributed by atoms with E-state index in [0.717, 1.165) is 17.1 Å². The van der Waals surface area contributed by atoms with Crippen LogP contribution >= 0.6 is 0 Å². The second-order valence-corrected chi connectivity index (χ2v) is 3.96. The summed E-state index contributed by atoms with van der Waals surface area (Å²) in [6.45, 7) is 0.657. The summed E-state index contributed by atoms with van der Waals surface area (Å²) in [5.74, 6) is 0.770. The smallest absolute Gasteiger partial charge is 0.119 e. The average Bonchev–Trinajstić information content (AvgIpc) is 2.48. The Kier molecular flexibility index (Phi) is 5.07. The van der Waals surface area contributed by atoms with E-state index in [1.807, 2.05) is 54.6 Å². The van der Waals surface area contributed by atoms with Crippen LogP contribution in [0.25, 0.3) is 0 Å². The molecule has 0 radical (unpaired) electrons. The maximum atomic E-state index is 8.66. The molecule has 0 fully saturated rings. The van der Waals surface area contributed by atoms with Gasteiger partial charge in [0.2, 0.25) is 0 Å². The van der Waals surface area contributed by atoms with Crippen LogP contribution in [-0.2, 0) is 0 Å². The van der Waals surface area contributed by atoms with Crippen molar-refractivity contribution in [3.8, 4) is 5.75 Å². The van der Waals surface area contributed by atoms with Gasteiger partial charge in [0.1, 0.15) is 5.75 Å². The van der Waals surface area contributed by atoms with Gasteiger partial charge in [-0.2, -0.15) is 10.2 Å². The van der Waals surface area contributed by atoms with Crippen LogP contribution in [0, 0.1) is 0 Å². The Balaban J connectivity index is 1.93. The molecule has 0 aliphatic rings. The maximum absolute atomic E-state index is 8.66. The topological polar surface area (TPSA) is 54.2 Å². The lowest BCUT2D eigenvalue weighted by molar-refractivity contribution is 0.233. The molecule has 2 aromatic rings. The van der Waals surface area contributed by atoms with Gasteiger partial charge in [-0.05, 0) is 36.4 Å². The third-order valence-electron chi connectivity index (χ3n) is 2.45. The van der Waals surface area contributed by atoms with Gasteiger partial charge in [0.25, 0.3) is 0 Å². The number of hydrogen-bond acceptors (Lipinski definition) is 4. The first-order valence-electron chi connectivity index (χ1n) is 6.19. The minimum atomic E-state index is 0.142. The van der Waals surface area contributed by atoms with Crippen LogP contribution in [0.4, 0.5) is 11.4 Å². The van der Waals surface area contributed by atoms with E-state index in [1.54, 1.807) is 0 Å². The Labute approximate surface area is 112 Å². The normalized spacial score (nSPS) is 10.8. The Morgan fingerprint density at radius 1 is 0.842 bits per heavy atom. The summed E-state index contributed by atoms with van der Waals surface area (Å²) < 4.78 is 5.43. The fourth-order valence-corrected chi connectivity index (χ4v) is 1.47. The summed E-state index contributed by atoms with van der Waals surface area (Å²) >= 11 is 0. The van der Waals surface area contributed by atoms with E-state index in [4.69, 9.17) is 9.84 Å². The Morgan fingerprint density at radius 3 is 2.11 bits per heavy atom. The van der Waals surface area contributed by atoms with E-state index < -0.39 is 0 Å². The molecule has 19 heavy (non-hydrogen) atoms. The number of benzene rings is 2. The van der Waals surface area contributed by atoms with Gasteiger partial charge in [-0.25, -0.2) is 0 Å². The third-order valence-corrected chi connectivity index (χ3v) is 2.45. The van der Waals surface area contributed by atoms with Crippen LogP contribution in [0.3, 0.4) is 0 Å². The lowest BCUT2D eigenvalue weighted by Gasteiger charge is -2.04. The van der Waals surface area contributed by atoms with Gasteiger partial charge in [0.15, 0.2) is 0 Å². The molecule has 0 aromatic heterocycles. The van der Waals surface area contributed by atoms with Gasteiger partial charge >= 0.3 is 0 Å². The van der Waals surface area contributed by atoms with E-state index in [0.29, 0.717) is 13.0 Å². The van der Waals surface area contributed by atoms with Crippen LogP contribution in [-0.4, -0.2) is 18.3 Å². The van der Waals surface area contributed by atoms with Crippen LogP contribution in [0.1, 0.15) is 6.42 Å². The van der Waals surface area contributed by atoms with Crippen LogP contribution in [0.15, 0.2) is 64.8 Å². The Hall–Kier alpha value is -2.20. The largest absolute Gasteiger partial charge is 0.494 e. The molecule has 0 unspecified atom stereocenters. The minimum Gasteiger partial charge on any atom is -0.494 e. The van der Waals surface area contributed by atoms with Gasteiger partial charge in [-0.1, -0.05) is 18.2 Å². The van der Waals surface area contributed by atoms with Gasteiger partial charge in [0, 0.05) is 13.0 Å². The predicted octanol–water partition coefficient (Wildman–Crippen LogP) is 3.86. The summed E-state index contributed by atoms with van der Waals surface area (Å²) in [6.07, 6.45) is 0.634. The van der Waals surface area contributed by atoms with Crippen LogP contribution in [0.5, 0.6) is 5.75 Å². The number of azo groups is 1. The first kappa shape index (κ1) is 13.2. The zero-order valence-electron chi connectivity index (χ0n) is 10.6. The molecule has 1 N–H and O–H groups in total. The predicted molar refractivity (Wildman–Crippen MR) is 74.3 cm³/mol. The number of aliphatic hydroxyl groups is 1. The lowest BCUT2D eigenvalue weighted by Crippen LogP contribution is -1.99. The van der Waals surface area contributed by atoms with Crippen LogP contribution < -0.4 is 4.74 Å². The molecule has 0 aliphatic carbocycles. The minimum absolute atomic E-state index is 0.142. The Morgan fingerprint density at radius 2 is 1.47 bits per heavy atom. The van der Waals surface area contributed by atoms with E-state index in [-0.39, 0.29) is 6.61 Å². The Bertz CT molecular complexity index is 509. The molecule has 0 aliphatic heterocycles. The molecular weight excluding hydrogens is 240 g/mol. The van der Waals surface area contributed by atoms with E-state index in [1.165, 1.54) is 0 Å². The zero-order chi connectivity index (χ0) is 13.3. The fraction of sp³-hybridized carbons (Fsp3) is 0.200. The van der Waals surface area contributed by atoms with E-state index in [2.05, 4.69) is 10.2 Å². The number of ether oxygens (including phenoxy) is 1. The number of rotatable bonds is 6. The molecule has 98 valence electrons. The highest BCUT2D eigenvalue weighted by molar-refractivity contribution is 5.42. The number of aliphatic hydroxyl groups excluding tert-OH is 1. The van der Waals surface area contributed by atoms with Crippen molar-refractivity contribution in [2.24, 2.45) is 10.2 Å². The SMILES string of the molecule is OCCCOc1ccc(N=Nc2ccccc2)cc1. The molecule has 2 aromatic carbocycles. The van der Waals surface area contributed by atoms with Crippen molar-refractivity contribution in [3.05, 3.63) is 54.6 Å². The first-order chi connectivity index (χ1) is 9.38. The summed E-state index contributed by atoms with van der Waals surface area (Å²) in [7, 11) is 0. The van der Waals surface area contributed by atoms with Crippen molar-refractivity contribution < 1.29 is 9.84 Å². The van der Waals surface area contributed by atoms with Gasteiger partial charge in [-0.3, -0.25) is 0 Å². The molecule has 4 nitrogen and oxygen atoms in total. The van der Waals surface area contributed by atoms with Gasteiger partial charge < -0.3 is 9.84 Å². The fourth-order valence-electron chi connectivity index (χ4n) is 1.47. The molecule has 0 atom stereocenters. The molecule has 0 bridgehead atoms. The maximum Gasteiger partial charge on any atom is 0.119 e. The highest BCUT2D eigenvalue weighted by Crippen LogP contribution is 2.21. The molecule has 0 heterocycles. The van der Waals surface area contributed by atoms with Crippen molar-refractivity contribution in [3.63, 3.8) is 0 Å². The third kappa shape index (κ3) is 4.52. The standard InChI is InChI=1S/C15H16N2O2/c18-11-4-12-19-15-9-7-14(8-10-15)17-16-13-5-2-1-3-6-13/h1-3,5-10,18H,4,11-12H2. The monoisotopic (exact) mass is 256 g/mol. The lowest BCUT2D eigenvalue weighted by atomic mass is 10.3.